The van der Waals surface area contributed by atoms with Gasteiger partial charge in [-0.05, 0) is 37.8 Å². The van der Waals surface area contributed by atoms with Crippen LogP contribution in [0.3, 0.4) is 0 Å². The number of aromatic nitrogens is 4. The average Bonchev–Trinajstić information content (AvgIpc) is 3.09. The number of nitrogens with zero attached hydrogens (tertiary/aromatic N) is 4. The van der Waals surface area contributed by atoms with Crippen LogP contribution in [0.15, 0.2) is 23.0 Å². The molecule has 1 fully saturated rings. The van der Waals surface area contributed by atoms with E-state index < -0.39 is 0 Å². The molecular formula is C19H27N5O2. The summed E-state index contributed by atoms with van der Waals surface area (Å²) in [6.07, 6.45) is 1.73. The Bertz CT molecular complexity index is 838. The maximum atomic E-state index is 12.7. The van der Waals surface area contributed by atoms with Gasteiger partial charge in [-0.15, -0.1) is 0 Å². The van der Waals surface area contributed by atoms with E-state index >= 15 is 0 Å². The topological polar surface area (TPSA) is 83.9 Å². The fourth-order valence-electron chi connectivity index (χ4n) is 3.22. The largest absolute Gasteiger partial charge is 0.337 e. The van der Waals surface area contributed by atoms with Gasteiger partial charge in [0.1, 0.15) is 5.69 Å². The second-order valence-electron chi connectivity index (χ2n) is 8.15. The molecule has 0 aliphatic carbocycles. The van der Waals surface area contributed by atoms with Crippen LogP contribution in [0.25, 0.3) is 0 Å². The van der Waals surface area contributed by atoms with Gasteiger partial charge in [0.15, 0.2) is 0 Å². The van der Waals surface area contributed by atoms with E-state index in [1.54, 1.807) is 16.8 Å². The van der Waals surface area contributed by atoms with Crippen molar-refractivity contribution >= 4 is 5.91 Å². The zero-order chi connectivity index (χ0) is 18.9. The third-order valence-electron chi connectivity index (χ3n) is 4.94. The molecule has 3 heterocycles. The van der Waals surface area contributed by atoms with Crippen LogP contribution in [0.4, 0.5) is 0 Å². The van der Waals surface area contributed by atoms with Crippen molar-refractivity contribution in [2.45, 2.75) is 52.5 Å². The Morgan fingerprint density at radius 3 is 2.58 bits per heavy atom. The number of carbonyl (C=O) groups excluding carboxylic acids is 1. The van der Waals surface area contributed by atoms with Gasteiger partial charge in [-0.2, -0.15) is 10.2 Å². The van der Waals surface area contributed by atoms with Gasteiger partial charge in [-0.3, -0.25) is 14.7 Å². The van der Waals surface area contributed by atoms with Crippen LogP contribution in [0.1, 0.15) is 55.5 Å². The van der Waals surface area contributed by atoms with Crippen LogP contribution < -0.4 is 5.56 Å². The first-order valence-electron chi connectivity index (χ1n) is 9.14. The summed E-state index contributed by atoms with van der Waals surface area (Å²) in [6, 6.07) is 5.14. The highest BCUT2D eigenvalue weighted by molar-refractivity contribution is 5.92. The van der Waals surface area contributed by atoms with Crippen molar-refractivity contribution in [3.8, 4) is 0 Å². The Labute approximate surface area is 153 Å². The number of H-pyrrole nitrogens is 1. The van der Waals surface area contributed by atoms with E-state index in [9.17, 15) is 9.59 Å². The minimum absolute atomic E-state index is 0.0268. The highest BCUT2D eigenvalue weighted by Gasteiger charge is 2.27. The van der Waals surface area contributed by atoms with E-state index in [0.717, 1.165) is 24.2 Å². The van der Waals surface area contributed by atoms with Crippen LogP contribution in [-0.4, -0.2) is 43.9 Å². The molecule has 1 aliphatic rings. The molecule has 2 aromatic heterocycles. The number of rotatable bonds is 3. The molecule has 7 nitrogen and oxygen atoms in total. The molecule has 1 saturated heterocycles. The fraction of sp³-hybridized carbons (Fsp3) is 0.579. The molecule has 0 spiro atoms. The Hall–Kier alpha value is -2.44. The zero-order valence-corrected chi connectivity index (χ0v) is 16.0. The number of piperidine rings is 1. The van der Waals surface area contributed by atoms with Gasteiger partial charge in [0.2, 0.25) is 0 Å². The van der Waals surface area contributed by atoms with Gasteiger partial charge < -0.3 is 4.90 Å². The highest BCUT2D eigenvalue weighted by atomic mass is 16.2. The maximum absolute atomic E-state index is 12.7. The van der Waals surface area contributed by atoms with E-state index in [-0.39, 0.29) is 16.9 Å². The first-order chi connectivity index (χ1) is 12.2. The molecule has 0 radical (unpaired) electrons. The molecule has 0 saturated carbocycles. The van der Waals surface area contributed by atoms with Crippen LogP contribution in [0.5, 0.6) is 0 Å². The molecule has 7 heteroatoms. The van der Waals surface area contributed by atoms with Crippen LogP contribution in [0.2, 0.25) is 0 Å². The number of likely N-dealkylation sites (tertiary alicyclic amines) is 1. The van der Waals surface area contributed by atoms with E-state index in [0.29, 0.717) is 31.2 Å². The van der Waals surface area contributed by atoms with E-state index in [2.05, 4.69) is 36.1 Å². The van der Waals surface area contributed by atoms with Gasteiger partial charge in [0.25, 0.3) is 11.5 Å². The molecular weight excluding hydrogens is 330 g/mol. The summed E-state index contributed by atoms with van der Waals surface area (Å²) in [5.74, 6) is 0.330. The molecule has 0 aromatic carbocycles. The fourth-order valence-corrected chi connectivity index (χ4v) is 3.22. The van der Waals surface area contributed by atoms with Crippen LogP contribution in [0, 0.1) is 12.8 Å². The molecule has 140 valence electrons. The summed E-state index contributed by atoms with van der Waals surface area (Å²) in [5.41, 5.74) is 2.14. The van der Waals surface area contributed by atoms with Crippen molar-refractivity contribution in [3.05, 3.63) is 45.6 Å². The van der Waals surface area contributed by atoms with E-state index in [4.69, 9.17) is 0 Å². The van der Waals surface area contributed by atoms with Gasteiger partial charge in [0, 0.05) is 36.8 Å². The highest BCUT2D eigenvalue weighted by Crippen LogP contribution is 2.23. The Morgan fingerprint density at radius 1 is 1.27 bits per heavy atom. The smallest absolute Gasteiger partial charge is 0.274 e. The number of hydrogen-bond acceptors (Lipinski definition) is 4. The molecule has 1 amide bonds. The lowest BCUT2D eigenvalue weighted by Gasteiger charge is -2.31. The quantitative estimate of drug-likeness (QED) is 0.912. The lowest BCUT2D eigenvalue weighted by molar-refractivity contribution is 0.0674. The van der Waals surface area contributed by atoms with Crippen molar-refractivity contribution in [2.75, 3.05) is 13.1 Å². The summed E-state index contributed by atoms with van der Waals surface area (Å²) in [5, 5.41) is 11.5. The maximum Gasteiger partial charge on any atom is 0.274 e. The predicted molar refractivity (Wildman–Crippen MR) is 99.1 cm³/mol. The minimum atomic E-state index is -0.0691. The number of aryl methyl sites for hydroxylation is 1. The van der Waals surface area contributed by atoms with E-state index in [1.807, 2.05) is 17.9 Å². The molecule has 3 rings (SSSR count). The van der Waals surface area contributed by atoms with E-state index in [1.165, 1.54) is 0 Å². The Morgan fingerprint density at radius 2 is 1.96 bits per heavy atom. The molecule has 0 atom stereocenters. The van der Waals surface area contributed by atoms with Gasteiger partial charge in [-0.25, -0.2) is 4.68 Å². The second-order valence-corrected chi connectivity index (χ2v) is 8.15. The molecule has 0 bridgehead atoms. The molecule has 26 heavy (non-hydrogen) atoms. The van der Waals surface area contributed by atoms with Crippen molar-refractivity contribution in [3.63, 3.8) is 0 Å². The monoisotopic (exact) mass is 357 g/mol. The van der Waals surface area contributed by atoms with Gasteiger partial charge in [-0.1, -0.05) is 20.8 Å². The number of nitrogens with one attached hydrogen (secondary N) is 1. The number of aromatic amines is 1. The van der Waals surface area contributed by atoms with Crippen molar-refractivity contribution in [1.82, 2.24) is 24.9 Å². The Kier molecular flexibility index (Phi) is 4.98. The zero-order valence-electron chi connectivity index (χ0n) is 16.0. The van der Waals surface area contributed by atoms with Gasteiger partial charge >= 0.3 is 0 Å². The predicted octanol–water partition coefficient (Wildman–Crippen LogP) is 2.12. The lowest BCUT2D eigenvalue weighted by Crippen LogP contribution is -2.40. The van der Waals surface area contributed by atoms with Crippen LogP contribution in [-0.2, 0) is 12.0 Å². The van der Waals surface area contributed by atoms with Gasteiger partial charge in [0.05, 0.1) is 5.69 Å². The SMILES string of the molecule is Cc1ccc(=O)n(CC2CCN(C(=O)c3cc(C(C)(C)C)[nH]n3)CC2)n1. The minimum Gasteiger partial charge on any atom is -0.337 e. The first-order valence-corrected chi connectivity index (χ1v) is 9.14. The molecule has 0 unspecified atom stereocenters. The molecule has 1 N–H and O–H groups in total. The Balaban J connectivity index is 1.59. The van der Waals surface area contributed by atoms with Crippen molar-refractivity contribution in [2.24, 2.45) is 5.92 Å². The van der Waals surface area contributed by atoms with Crippen molar-refractivity contribution in [1.29, 1.82) is 0 Å². The summed E-state index contributed by atoms with van der Waals surface area (Å²) in [4.78, 5) is 26.4. The van der Waals surface area contributed by atoms with Crippen molar-refractivity contribution < 1.29 is 4.79 Å². The van der Waals surface area contributed by atoms with Crippen LogP contribution >= 0.6 is 0 Å². The number of hydrogen-bond donors (Lipinski definition) is 1. The normalized spacial score (nSPS) is 16.1. The number of amides is 1. The second kappa shape index (κ2) is 7.05. The third kappa shape index (κ3) is 4.03. The molecule has 2 aromatic rings. The average molecular weight is 357 g/mol. The number of carbonyl (C=O) groups is 1. The lowest BCUT2D eigenvalue weighted by atomic mass is 9.92. The summed E-state index contributed by atoms with van der Waals surface area (Å²) < 4.78 is 1.54. The third-order valence-corrected chi connectivity index (χ3v) is 4.94. The summed E-state index contributed by atoms with van der Waals surface area (Å²) in [6.45, 7) is 10.1. The first kappa shape index (κ1) is 18.4. The summed E-state index contributed by atoms with van der Waals surface area (Å²) >= 11 is 0. The molecule has 1 aliphatic heterocycles. The standard InChI is InChI=1S/C19H27N5O2/c1-13-5-6-17(25)24(22-13)12-14-7-9-23(10-8-14)18(26)15-11-16(21-20-15)19(2,3)4/h5-6,11,14H,7-10,12H2,1-4H3,(H,20,21). The summed E-state index contributed by atoms with van der Waals surface area (Å²) in [7, 11) is 0.